The molecule has 1 heterocycles. The average Bonchev–Trinajstić information content (AvgIpc) is 2.74. The van der Waals surface area contributed by atoms with Crippen molar-refractivity contribution in [3.05, 3.63) is 71.2 Å². The highest BCUT2D eigenvalue weighted by atomic mass is 19.1. The lowest BCUT2D eigenvalue weighted by Gasteiger charge is -2.52. The van der Waals surface area contributed by atoms with Gasteiger partial charge in [-0.2, -0.15) is 4.98 Å². The summed E-state index contributed by atoms with van der Waals surface area (Å²) in [7, 11) is 0. The first-order valence-electron chi connectivity index (χ1n) is 10.7. The number of anilines is 2. The summed E-state index contributed by atoms with van der Waals surface area (Å²) in [6.07, 6.45) is 5.69. The van der Waals surface area contributed by atoms with E-state index in [1.54, 1.807) is 0 Å². The first kappa shape index (κ1) is 19.0. The SMILES string of the molecule is Cc1nc(N)nc(N)c1C12CCC(CC1)C(c1cccc(-c3ccc(F)cc3)c1)C2. The Hall–Kier alpha value is -2.95. The molecule has 6 rings (SSSR count). The van der Waals surface area contributed by atoms with Crippen molar-refractivity contribution >= 4 is 11.8 Å². The van der Waals surface area contributed by atoms with Gasteiger partial charge in [0.05, 0.1) is 0 Å². The molecule has 3 aliphatic rings. The third-order valence-electron chi connectivity index (χ3n) is 7.32. The number of hydrogen-bond donors (Lipinski definition) is 2. The van der Waals surface area contributed by atoms with E-state index in [1.165, 1.54) is 30.5 Å². The molecule has 4 N–H and O–H groups in total. The third-order valence-corrected chi connectivity index (χ3v) is 7.32. The highest BCUT2D eigenvalue weighted by Gasteiger charge is 2.49. The summed E-state index contributed by atoms with van der Waals surface area (Å²) >= 11 is 0. The number of aryl methyl sites for hydroxylation is 1. The summed E-state index contributed by atoms with van der Waals surface area (Å²) in [5.41, 5.74) is 17.8. The zero-order valence-electron chi connectivity index (χ0n) is 17.2. The van der Waals surface area contributed by atoms with Gasteiger partial charge in [-0.25, -0.2) is 9.37 Å². The number of aromatic nitrogens is 2. The monoisotopic (exact) mass is 402 g/mol. The Kier molecular flexibility index (Phi) is 4.49. The van der Waals surface area contributed by atoms with Gasteiger partial charge < -0.3 is 11.5 Å². The van der Waals surface area contributed by atoms with Crippen molar-refractivity contribution in [3.63, 3.8) is 0 Å². The fourth-order valence-electron chi connectivity index (χ4n) is 5.99. The van der Waals surface area contributed by atoms with Crippen LogP contribution in [0.15, 0.2) is 48.5 Å². The summed E-state index contributed by atoms with van der Waals surface area (Å²) < 4.78 is 13.3. The van der Waals surface area contributed by atoms with E-state index in [-0.39, 0.29) is 17.2 Å². The number of nitrogens with zero attached hydrogens (tertiary/aromatic N) is 2. The van der Waals surface area contributed by atoms with Gasteiger partial charge in [-0.15, -0.1) is 0 Å². The topological polar surface area (TPSA) is 77.8 Å². The molecule has 0 radical (unpaired) electrons. The van der Waals surface area contributed by atoms with Gasteiger partial charge in [0.15, 0.2) is 0 Å². The predicted octanol–water partition coefficient (Wildman–Crippen LogP) is 5.37. The minimum absolute atomic E-state index is 0.0210. The molecule has 1 unspecified atom stereocenters. The van der Waals surface area contributed by atoms with Crippen LogP contribution in [0, 0.1) is 18.7 Å². The van der Waals surface area contributed by atoms with E-state index in [2.05, 4.69) is 34.2 Å². The molecule has 3 aromatic rings. The summed E-state index contributed by atoms with van der Waals surface area (Å²) in [5.74, 6) is 1.74. The lowest BCUT2D eigenvalue weighted by atomic mass is 9.52. The van der Waals surface area contributed by atoms with Gasteiger partial charge in [0.1, 0.15) is 11.6 Å². The Morgan fingerprint density at radius 1 is 0.967 bits per heavy atom. The number of hydrogen-bond acceptors (Lipinski definition) is 4. The Morgan fingerprint density at radius 2 is 1.70 bits per heavy atom. The molecule has 2 bridgehead atoms. The van der Waals surface area contributed by atoms with Crippen LogP contribution in [0.3, 0.4) is 0 Å². The van der Waals surface area contributed by atoms with Crippen LogP contribution in [0.4, 0.5) is 16.2 Å². The Labute approximate surface area is 176 Å². The molecule has 3 saturated carbocycles. The van der Waals surface area contributed by atoms with Crippen LogP contribution in [0.5, 0.6) is 0 Å². The molecule has 1 atom stereocenters. The maximum Gasteiger partial charge on any atom is 0.222 e. The van der Waals surface area contributed by atoms with E-state index in [0.29, 0.717) is 17.7 Å². The second-order valence-electron chi connectivity index (χ2n) is 8.99. The first-order chi connectivity index (χ1) is 14.4. The molecular weight excluding hydrogens is 375 g/mol. The van der Waals surface area contributed by atoms with Crippen molar-refractivity contribution in [2.45, 2.75) is 50.4 Å². The minimum atomic E-state index is -0.208. The van der Waals surface area contributed by atoms with Crippen LogP contribution in [0.1, 0.15) is 54.8 Å². The van der Waals surface area contributed by atoms with Crippen LogP contribution in [-0.2, 0) is 5.41 Å². The van der Waals surface area contributed by atoms with E-state index < -0.39 is 0 Å². The van der Waals surface area contributed by atoms with Crippen LogP contribution >= 0.6 is 0 Å². The smallest absolute Gasteiger partial charge is 0.222 e. The van der Waals surface area contributed by atoms with Gasteiger partial charge in [0.25, 0.3) is 0 Å². The van der Waals surface area contributed by atoms with E-state index in [1.807, 2.05) is 19.1 Å². The molecule has 0 amide bonds. The number of fused-ring (bicyclic) bond motifs is 3. The fourth-order valence-corrected chi connectivity index (χ4v) is 5.99. The van der Waals surface area contributed by atoms with Gasteiger partial charge >= 0.3 is 0 Å². The zero-order chi connectivity index (χ0) is 20.9. The van der Waals surface area contributed by atoms with E-state index >= 15 is 0 Å². The highest BCUT2D eigenvalue weighted by Crippen LogP contribution is 2.58. The Balaban J connectivity index is 1.51. The molecule has 0 aliphatic heterocycles. The second kappa shape index (κ2) is 7.08. The van der Waals surface area contributed by atoms with E-state index in [4.69, 9.17) is 11.5 Å². The van der Waals surface area contributed by atoms with Crippen LogP contribution in [0.25, 0.3) is 11.1 Å². The lowest BCUT2D eigenvalue weighted by Crippen LogP contribution is -2.43. The lowest BCUT2D eigenvalue weighted by molar-refractivity contribution is 0.108. The van der Waals surface area contributed by atoms with Crippen molar-refractivity contribution in [3.8, 4) is 11.1 Å². The number of nitrogen functional groups attached to an aromatic ring is 2. The fraction of sp³-hybridized carbons (Fsp3) is 0.360. The van der Waals surface area contributed by atoms with Crippen LogP contribution in [-0.4, -0.2) is 9.97 Å². The summed E-state index contributed by atoms with van der Waals surface area (Å²) in [4.78, 5) is 8.73. The van der Waals surface area contributed by atoms with Gasteiger partial charge in [0.2, 0.25) is 5.95 Å². The van der Waals surface area contributed by atoms with E-state index in [9.17, 15) is 4.39 Å². The maximum atomic E-state index is 13.3. The van der Waals surface area contributed by atoms with Crippen LogP contribution in [0.2, 0.25) is 0 Å². The molecule has 5 heteroatoms. The maximum absolute atomic E-state index is 13.3. The summed E-state index contributed by atoms with van der Waals surface area (Å²) in [6, 6.07) is 15.5. The molecule has 1 aromatic heterocycles. The standard InChI is InChI=1S/C25H27FN4/c1-15-22(23(27)30-24(28)29-15)25-11-9-17(10-12-25)21(14-25)19-4-2-3-18(13-19)16-5-7-20(26)8-6-16/h2-8,13,17,21H,9-12,14H2,1H3,(H4,27,28,29,30). The molecule has 0 saturated heterocycles. The largest absolute Gasteiger partial charge is 0.383 e. The first-order valence-corrected chi connectivity index (χ1v) is 10.7. The number of rotatable bonds is 3. The quantitative estimate of drug-likeness (QED) is 0.617. The number of nitrogens with two attached hydrogens (primary N) is 2. The van der Waals surface area contributed by atoms with Gasteiger partial charge in [0, 0.05) is 16.7 Å². The van der Waals surface area contributed by atoms with Gasteiger partial charge in [-0.1, -0.05) is 36.4 Å². The molecule has 2 aromatic carbocycles. The molecule has 3 aliphatic carbocycles. The zero-order valence-corrected chi connectivity index (χ0v) is 17.2. The molecular formula is C25H27FN4. The minimum Gasteiger partial charge on any atom is -0.383 e. The number of halogens is 1. The van der Waals surface area contributed by atoms with Gasteiger partial charge in [-0.3, -0.25) is 0 Å². The molecule has 4 nitrogen and oxygen atoms in total. The van der Waals surface area contributed by atoms with E-state index in [0.717, 1.165) is 41.6 Å². The van der Waals surface area contributed by atoms with Crippen molar-refractivity contribution < 1.29 is 4.39 Å². The van der Waals surface area contributed by atoms with Crippen molar-refractivity contribution in [2.24, 2.45) is 5.92 Å². The Bertz CT molecular complexity index is 1060. The van der Waals surface area contributed by atoms with Crippen molar-refractivity contribution in [2.75, 3.05) is 11.5 Å². The average molecular weight is 403 g/mol. The number of benzene rings is 2. The molecule has 0 spiro atoms. The van der Waals surface area contributed by atoms with Crippen LogP contribution < -0.4 is 11.5 Å². The molecule has 30 heavy (non-hydrogen) atoms. The molecule has 154 valence electrons. The predicted molar refractivity (Wildman–Crippen MR) is 118 cm³/mol. The highest BCUT2D eigenvalue weighted by molar-refractivity contribution is 5.64. The molecule has 3 fully saturated rings. The third kappa shape index (κ3) is 3.13. The van der Waals surface area contributed by atoms with Crippen molar-refractivity contribution in [1.82, 2.24) is 9.97 Å². The summed E-state index contributed by atoms with van der Waals surface area (Å²) in [6.45, 7) is 2.00. The Morgan fingerprint density at radius 3 is 2.40 bits per heavy atom. The summed E-state index contributed by atoms with van der Waals surface area (Å²) in [5, 5.41) is 0. The van der Waals surface area contributed by atoms with Gasteiger partial charge in [-0.05, 0) is 79.7 Å². The second-order valence-corrected chi connectivity index (χ2v) is 8.99. The normalized spacial score (nSPS) is 25.4. The van der Waals surface area contributed by atoms with Crippen molar-refractivity contribution in [1.29, 1.82) is 0 Å².